The fourth-order valence-corrected chi connectivity index (χ4v) is 0.376. The van der Waals surface area contributed by atoms with Crippen LogP contribution in [0.25, 0.3) is 0 Å². The third kappa shape index (κ3) is 3.35. The lowest BCUT2D eigenvalue weighted by Crippen LogP contribution is -1.92. The molecule has 2 heteroatoms. The maximum absolute atomic E-state index is 8.09. The summed E-state index contributed by atoms with van der Waals surface area (Å²) in [5.41, 5.74) is 0. The van der Waals surface area contributed by atoms with Crippen molar-refractivity contribution in [3.8, 4) is 6.07 Å². The van der Waals surface area contributed by atoms with Gasteiger partial charge in [0, 0.05) is 6.42 Å². The van der Waals surface area contributed by atoms with Crippen LogP contribution in [0.2, 0.25) is 0 Å². The first-order chi connectivity index (χ1) is 3.81. The molecule has 0 aliphatic carbocycles. The first-order valence-electron chi connectivity index (χ1n) is 2.68. The highest BCUT2D eigenvalue weighted by Crippen LogP contribution is 1.99. The van der Waals surface area contributed by atoms with E-state index in [2.05, 4.69) is 0 Å². The Morgan fingerprint density at radius 2 is 2.50 bits per heavy atom. The lowest BCUT2D eigenvalue weighted by atomic mass is 10.1. The Kier molecular flexibility index (Phi) is 3.87. The number of hydrogen-bond donors (Lipinski definition) is 1. The van der Waals surface area contributed by atoms with Crippen LogP contribution in [0.1, 0.15) is 19.8 Å². The van der Waals surface area contributed by atoms with Gasteiger partial charge in [-0.1, -0.05) is 6.92 Å². The maximum atomic E-state index is 8.09. The monoisotopic (exact) mass is 110 g/mol. The summed E-state index contributed by atoms with van der Waals surface area (Å²) >= 11 is 0. The largest absolute Gasteiger partial charge is 0.313 e. The van der Waals surface area contributed by atoms with Gasteiger partial charge in [0.15, 0.2) is 0 Å². The van der Waals surface area contributed by atoms with Crippen molar-refractivity contribution in [1.82, 2.24) is 0 Å². The minimum Gasteiger partial charge on any atom is -0.313 e. The minimum atomic E-state index is 0.273. The van der Waals surface area contributed by atoms with Crippen LogP contribution < -0.4 is 0 Å². The number of rotatable bonds is 3. The zero-order valence-corrected chi connectivity index (χ0v) is 5.02. The quantitative estimate of drug-likeness (QED) is 0.551. The van der Waals surface area contributed by atoms with Crippen molar-refractivity contribution in [3.63, 3.8) is 0 Å². The Morgan fingerprint density at radius 1 is 1.88 bits per heavy atom. The summed E-state index contributed by atoms with van der Waals surface area (Å²) in [5.74, 6) is 0.273. The maximum Gasteiger partial charge on any atom is 0.0621 e. The summed E-state index contributed by atoms with van der Waals surface area (Å²) in [7, 11) is 0. The van der Waals surface area contributed by atoms with Crippen molar-refractivity contribution in [3.05, 3.63) is 0 Å². The Bertz CT molecular complexity index is 102. The number of hydrogen-bond acceptors (Lipinski definition) is 2. The van der Waals surface area contributed by atoms with E-state index in [9.17, 15) is 0 Å². The molecule has 0 amide bonds. The molecule has 1 unspecified atom stereocenters. The predicted octanol–water partition coefficient (Wildman–Crippen LogP) is 1.58. The Labute approximate surface area is 49.6 Å². The third-order valence-electron chi connectivity index (χ3n) is 0.996. The van der Waals surface area contributed by atoms with Gasteiger partial charge in [0.1, 0.15) is 0 Å². The average Bonchev–Trinajstić information content (AvgIpc) is 1.83. The summed E-state index contributed by atoms with van der Waals surface area (Å²) in [5, 5.41) is 14.8. The molecule has 0 heterocycles. The lowest BCUT2D eigenvalue weighted by molar-refractivity contribution is 0.709. The second-order valence-corrected chi connectivity index (χ2v) is 1.84. The van der Waals surface area contributed by atoms with Gasteiger partial charge in [-0.15, -0.1) is 0 Å². The van der Waals surface area contributed by atoms with Crippen LogP contribution in [-0.2, 0) is 0 Å². The predicted molar refractivity (Wildman–Crippen MR) is 32.8 cm³/mol. The number of nitrogens with one attached hydrogen (secondary N) is 1. The van der Waals surface area contributed by atoms with Gasteiger partial charge in [-0.05, 0) is 18.6 Å². The molecule has 0 radical (unpaired) electrons. The second kappa shape index (κ2) is 4.32. The topological polar surface area (TPSA) is 47.6 Å². The van der Waals surface area contributed by atoms with Crippen LogP contribution in [-0.4, -0.2) is 6.21 Å². The van der Waals surface area contributed by atoms with Gasteiger partial charge < -0.3 is 5.41 Å². The third-order valence-corrected chi connectivity index (χ3v) is 0.996. The molecule has 0 saturated heterocycles. The fraction of sp³-hybridized carbons (Fsp3) is 0.667. The van der Waals surface area contributed by atoms with Gasteiger partial charge in [-0.2, -0.15) is 5.26 Å². The molecule has 0 fully saturated rings. The summed E-state index contributed by atoms with van der Waals surface area (Å²) < 4.78 is 0. The van der Waals surface area contributed by atoms with Gasteiger partial charge in [0.2, 0.25) is 0 Å². The summed E-state index contributed by atoms with van der Waals surface area (Å²) in [4.78, 5) is 0. The molecule has 8 heavy (non-hydrogen) atoms. The van der Waals surface area contributed by atoms with E-state index >= 15 is 0 Å². The van der Waals surface area contributed by atoms with Crippen LogP contribution in [0.15, 0.2) is 0 Å². The van der Waals surface area contributed by atoms with Gasteiger partial charge in [0.05, 0.1) is 6.07 Å². The van der Waals surface area contributed by atoms with Crippen LogP contribution in [0, 0.1) is 22.7 Å². The normalized spacial score (nSPS) is 12.0. The Hall–Kier alpha value is -0.840. The van der Waals surface area contributed by atoms with Crippen molar-refractivity contribution < 1.29 is 0 Å². The van der Waals surface area contributed by atoms with Gasteiger partial charge in [0.25, 0.3) is 0 Å². The van der Waals surface area contributed by atoms with Crippen molar-refractivity contribution in [1.29, 1.82) is 10.7 Å². The molecule has 0 saturated carbocycles. The van der Waals surface area contributed by atoms with Crippen molar-refractivity contribution in [2.45, 2.75) is 19.8 Å². The van der Waals surface area contributed by atoms with Crippen LogP contribution >= 0.6 is 0 Å². The highest BCUT2D eigenvalue weighted by molar-refractivity contribution is 5.55. The van der Waals surface area contributed by atoms with Crippen molar-refractivity contribution in [2.24, 2.45) is 5.92 Å². The summed E-state index contributed by atoms with van der Waals surface area (Å²) in [6.45, 7) is 1.93. The Morgan fingerprint density at radius 3 is 2.88 bits per heavy atom. The SMILES string of the molecule is CC(C=N)CCC#N. The number of nitriles is 1. The van der Waals surface area contributed by atoms with Crippen LogP contribution in [0.5, 0.6) is 0 Å². The smallest absolute Gasteiger partial charge is 0.0621 e. The molecule has 0 bridgehead atoms. The van der Waals surface area contributed by atoms with Crippen molar-refractivity contribution in [2.75, 3.05) is 0 Å². The molecule has 0 aromatic heterocycles. The van der Waals surface area contributed by atoms with E-state index in [1.807, 2.05) is 13.0 Å². The van der Waals surface area contributed by atoms with Gasteiger partial charge in [-0.25, -0.2) is 0 Å². The highest BCUT2D eigenvalue weighted by atomic mass is 14.3. The van der Waals surface area contributed by atoms with E-state index in [1.54, 1.807) is 0 Å². The van der Waals surface area contributed by atoms with Crippen LogP contribution in [0.4, 0.5) is 0 Å². The van der Waals surface area contributed by atoms with E-state index in [4.69, 9.17) is 10.7 Å². The first-order valence-corrected chi connectivity index (χ1v) is 2.68. The van der Waals surface area contributed by atoms with E-state index in [-0.39, 0.29) is 5.92 Å². The van der Waals surface area contributed by atoms with Crippen molar-refractivity contribution >= 4 is 6.21 Å². The molecule has 0 rings (SSSR count). The molecule has 1 N–H and O–H groups in total. The summed E-state index contributed by atoms with van der Waals surface area (Å²) in [6.07, 6.45) is 2.76. The zero-order chi connectivity index (χ0) is 6.41. The van der Waals surface area contributed by atoms with Crippen LogP contribution in [0.3, 0.4) is 0 Å². The standard InChI is InChI=1S/C6H10N2/c1-6(5-8)3-2-4-7/h5-6,8H,2-3H2,1H3. The van der Waals surface area contributed by atoms with E-state index in [0.717, 1.165) is 6.42 Å². The Balaban J connectivity index is 3.13. The molecule has 0 aromatic rings. The fourth-order valence-electron chi connectivity index (χ4n) is 0.376. The molecule has 44 valence electrons. The molecule has 1 atom stereocenters. The molecule has 0 aliphatic rings. The zero-order valence-electron chi connectivity index (χ0n) is 5.02. The van der Waals surface area contributed by atoms with E-state index in [1.165, 1.54) is 6.21 Å². The van der Waals surface area contributed by atoms with Gasteiger partial charge >= 0.3 is 0 Å². The lowest BCUT2D eigenvalue weighted by Gasteiger charge is -1.95. The second-order valence-electron chi connectivity index (χ2n) is 1.84. The molecule has 0 spiro atoms. The van der Waals surface area contributed by atoms with Gasteiger partial charge in [-0.3, -0.25) is 0 Å². The summed E-state index contributed by atoms with van der Waals surface area (Å²) in [6, 6.07) is 2.03. The molecular weight excluding hydrogens is 100 g/mol. The average molecular weight is 110 g/mol. The number of nitrogens with zero attached hydrogens (tertiary/aromatic N) is 1. The molecule has 0 aliphatic heterocycles. The first kappa shape index (κ1) is 7.16. The molecule has 0 aromatic carbocycles. The highest BCUT2D eigenvalue weighted by Gasteiger charge is 1.93. The van der Waals surface area contributed by atoms with E-state index in [0.29, 0.717) is 6.42 Å². The molecular formula is C6H10N2. The molecule has 2 nitrogen and oxygen atoms in total. The van der Waals surface area contributed by atoms with E-state index < -0.39 is 0 Å². The minimum absolute atomic E-state index is 0.273.